The lowest BCUT2D eigenvalue weighted by atomic mass is 9.84. The molecule has 0 bridgehead atoms. The van der Waals surface area contributed by atoms with Gasteiger partial charge in [-0.05, 0) is 75.3 Å². The van der Waals surface area contributed by atoms with Crippen LogP contribution in [-0.4, -0.2) is 66.0 Å². The number of carbonyl (C=O) groups excluding carboxylic acids is 2. The first-order chi connectivity index (χ1) is 18.3. The molecule has 0 radical (unpaired) electrons. The number of nitrogens with zero attached hydrogens (tertiary/aromatic N) is 3. The van der Waals surface area contributed by atoms with E-state index in [9.17, 15) is 9.59 Å². The van der Waals surface area contributed by atoms with E-state index in [1.807, 2.05) is 49.1 Å². The van der Waals surface area contributed by atoms with Crippen molar-refractivity contribution in [2.75, 3.05) is 26.2 Å². The molecular formula is C30H37ClN4O3. The Morgan fingerprint density at radius 1 is 1.03 bits per heavy atom. The smallest absolute Gasteiger partial charge is 0.410 e. The molecule has 2 atom stereocenters. The maximum atomic E-state index is 13.8. The molecule has 0 spiro atoms. The van der Waals surface area contributed by atoms with Crippen LogP contribution in [0.4, 0.5) is 10.5 Å². The number of amides is 2. The molecule has 0 aromatic heterocycles. The highest BCUT2D eigenvalue weighted by molar-refractivity contribution is 6.30. The zero-order valence-electron chi connectivity index (χ0n) is 22.2. The van der Waals surface area contributed by atoms with Crippen molar-refractivity contribution in [3.05, 3.63) is 65.2 Å². The van der Waals surface area contributed by atoms with Gasteiger partial charge in [-0.25, -0.2) is 4.79 Å². The van der Waals surface area contributed by atoms with Gasteiger partial charge in [-0.1, -0.05) is 41.9 Å². The fraction of sp³-hybridized carbons (Fsp3) is 0.467. The van der Waals surface area contributed by atoms with E-state index in [0.717, 1.165) is 12.8 Å². The average Bonchev–Trinajstić information content (AvgIpc) is 3.38. The van der Waals surface area contributed by atoms with Crippen LogP contribution in [0.2, 0.25) is 5.02 Å². The molecule has 0 aliphatic carbocycles. The molecule has 2 aliphatic heterocycles. The monoisotopic (exact) mass is 536 g/mol. The topological polar surface area (TPSA) is 86.1 Å². The highest BCUT2D eigenvalue weighted by Crippen LogP contribution is 2.29. The fourth-order valence-corrected chi connectivity index (χ4v) is 5.47. The number of hydrogen-bond donors (Lipinski definition) is 1. The van der Waals surface area contributed by atoms with E-state index in [1.165, 1.54) is 11.8 Å². The van der Waals surface area contributed by atoms with Crippen molar-refractivity contribution in [1.29, 1.82) is 5.41 Å². The van der Waals surface area contributed by atoms with Crippen LogP contribution in [0, 0.1) is 23.2 Å². The molecule has 2 heterocycles. The molecule has 2 aliphatic rings. The van der Waals surface area contributed by atoms with E-state index in [0.29, 0.717) is 61.4 Å². The van der Waals surface area contributed by atoms with E-state index < -0.39 is 5.92 Å². The minimum absolute atomic E-state index is 0.0213. The number of benzene rings is 2. The largest absolute Gasteiger partial charge is 0.447 e. The van der Waals surface area contributed by atoms with Crippen LogP contribution >= 0.6 is 11.6 Å². The Labute approximate surface area is 230 Å². The van der Waals surface area contributed by atoms with E-state index in [-0.39, 0.29) is 24.0 Å². The fourth-order valence-electron chi connectivity index (χ4n) is 5.34. The van der Waals surface area contributed by atoms with Crippen molar-refractivity contribution in [3.63, 3.8) is 0 Å². The lowest BCUT2D eigenvalue weighted by molar-refractivity contribution is -0.130. The summed E-state index contributed by atoms with van der Waals surface area (Å²) in [6, 6.07) is 17.6. The van der Waals surface area contributed by atoms with Gasteiger partial charge in [0.15, 0.2) is 0 Å². The number of aliphatic imine (C=N–C) groups is 1. The molecule has 2 amide bonds. The highest BCUT2D eigenvalue weighted by Gasteiger charge is 2.37. The second kappa shape index (κ2) is 13.1. The molecule has 1 N–H and O–H groups in total. The van der Waals surface area contributed by atoms with Crippen molar-refractivity contribution in [3.8, 4) is 0 Å². The van der Waals surface area contributed by atoms with Crippen LogP contribution in [-0.2, 0) is 16.0 Å². The minimum atomic E-state index is -0.736. The summed E-state index contributed by atoms with van der Waals surface area (Å²) in [6.07, 6.45) is 3.97. The van der Waals surface area contributed by atoms with Crippen LogP contribution in [0.15, 0.2) is 59.6 Å². The maximum Gasteiger partial charge on any atom is 0.410 e. The molecule has 2 unspecified atom stereocenters. The molecule has 0 saturated carbocycles. The molecular weight excluding hydrogens is 500 g/mol. The van der Waals surface area contributed by atoms with Crippen molar-refractivity contribution in [2.45, 2.75) is 45.6 Å². The van der Waals surface area contributed by atoms with Crippen LogP contribution in [0.5, 0.6) is 0 Å². The van der Waals surface area contributed by atoms with Gasteiger partial charge >= 0.3 is 6.09 Å². The first-order valence-corrected chi connectivity index (χ1v) is 13.8. The quantitative estimate of drug-likeness (QED) is 0.418. The predicted octanol–water partition coefficient (Wildman–Crippen LogP) is 6.03. The molecule has 2 saturated heterocycles. The van der Waals surface area contributed by atoms with Gasteiger partial charge in [-0.15, -0.1) is 0 Å². The third-order valence-electron chi connectivity index (χ3n) is 7.31. The van der Waals surface area contributed by atoms with E-state index in [4.69, 9.17) is 26.7 Å². The summed E-state index contributed by atoms with van der Waals surface area (Å²) in [7, 11) is 0. The van der Waals surface area contributed by atoms with Crippen molar-refractivity contribution < 1.29 is 14.3 Å². The highest BCUT2D eigenvalue weighted by atomic mass is 35.5. The molecule has 2 fully saturated rings. The number of rotatable bonds is 8. The van der Waals surface area contributed by atoms with Crippen LogP contribution in [0.1, 0.15) is 38.7 Å². The van der Waals surface area contributed by atoms with Crippen LogP contribution in [0.25, 0.3) is 0 Å². The number of hydrogen-bond acceptors (Lipinski definition) is 5. The summed E-state index contributed by atoms with van der Waals surface area (Å²) in [5, 5.41) is 8.87. The zero-order valence-corrected chi connectivity index (χ0v) is 22.9. The van der Waals surface area contributed by atoms with Crippen molar-refractivity contribution in [1.82, 2.24) is 9.80 Å². The minimum Gasteiger partial charge on any atom is -0.447 e. The lowest BCUT2D eigenvalue weighted by Crippen LogP contribution is -2.45. The molecule has 7 nitrogen and oxygen atoms in total. The van der Waals surface area contributed by atoms with Gasteiger partial charge in [0, 0.05) is 49.0 Å². The van der Waals surface area contributed by atoms with E-state index >= 15 is 0 Å². The lowest BCUT2D eigenvalue weighted by Gasteiger charge is -2.34. The summed E-state index contributed by atoms with van der Waals surface area (Å²) >= 11 is 6.08. The Morgan fingerprint density at radius 2 is 1.68 bits per heavy atom. The number of nitrogens with one attached hydrogen (secondary N) is 1. The first-order valence-electron chi connectivity index (χ1n) is 13.5. The third kappa shape index (κ3) is 7.22. The Kier molecular flexibility index (Phi) is 9.56. The molecule has 2 aromatic carbocycles. The average molecular weight is 537 g/mol. The number of ether oxygens (including phenoxy) is 1. The van der Waals surface area contributed by atoms with Crippen molar-refractivity contribution >= 4 is 41.2 Å². The van der Waals surface area contributed by atoms with Gasteiger partial charge in [0.25, 0.3) is 0 Å². The summed E-state index contributed by atoms with van der Waals surface area (Å²) in [5.41, 5.74) is 2.67. The molecule has 38 heavy (non-hydrogen) atoms. The van der Waals surface area contributed by atoms with Gasteiger partial charge in [0.2, 0.25) is 5.91 Å². The Morgan fingerprint density at radius 3 is 2.32 bits per heavy atom. The molecule has 8 heteroatoms. The van der Waals surface area contributed by atoms with Crippen LogP contribution in [0.3, 0.4) is 0 Å². The van der Waals surface area contributed by atoms with Gasteiger partial charge in [-0.3, -0.25) is 9.79 Å². The van der Waals surface area contributed by atoms with Crippen LogP contribution < -0.4 is 0 Å². The third-order valence-corrected chi connectivity index (χ3v) is 7.56. The molecule has 4 rings (SSSR count). The van der Waals surface area contributed by atoms with Gasteiger partial charge in [0.05, 0.1) is 11.8 Å². The second-order valence-corrected chi connectivity index (χ2v) is 10.9. The normalized spacial score (nSPS) is 19.5. The number of halogens is 1. The van der Waals surface area contributed by atoms with Gasteiger partial charge in [-0.2, -0.15) is 0 Å². The van der Waals surface area contributed by atoms with E-state index in [1.54, 1.807) is 17.0 Å². The Balaban J connectivity index is 1.50. The summed E-state index contributed by atoms with van der Waals surface area (Å²) < 4.78 is 5.37. The van der Waals surface area contributed by atoms with Gasteiger partial charge in [0.1, 0.15) is 5.92 Å². The Bertz CT molecular complexity index is 1130. The maximum absolute atomic E-state index is 13.8. The second-order valence-electron chi connectivity index (χ2n) is 10.5. The number of piperidine rings is 1. The Hall–Kier alpha value is -3.19. The molecule has 2 aromatic rings. The standard InChI is InChI=1S/C30H37ClN4O3/c1-21(2)38-30(37)34-16-13-24(14-17-34)28(33-26-10-8-25(31)9-11-26)27(19-32)29(36)35-15-12-23(20-35)18-22-6-4-3-5-7-22/h3-11,19,21,23-24,27,32H,12-18,20H2,1-2H3. The van der Waals surface area contributed by atoms with Gasteiger partial charge < -0.3 is 19.9 Å². The first kappa shape index (κ1) is 27.8. The van der Waals surface area contributed by atoms with E-state index in [2.05, 4.69) is 12.1 Å². The zero-order chi connectivity index (χ0) is 27.1. The molecule has 202 valence electrons. The summed E-state index contributed by atoms with van der Waals surface area (Å²) in [5.74, 6) is -0.420. The summed E-state index contributed by atoms with van der Waals surface area (Å²) in [6.45, 7) is 6.10. The number of carbonyl (C=O) groups is 2. The number of likely N-dealkylation sites (tertiary alicyclic amines) is 2. The predicted molar refractivity (Wildman–Crippen MR) is 152 cm³/mol. The van der Waals surface area contributed by atoms with Crippen molar-refractivity contribution in [2.24, 2.45) is 22.7 Å². The summed E-state index contributed by atoms with van der Waals surface area (Å²) in [4.78, 5) is 34.7. The SMILES string of the molecule is CC(C)OC(=O)N1CCC(C(=Nc2ccc(Cl)cc2)C(C=N)C(=O)N2CCC(Cc3ccccc3)C2)CC1.